The van der Waals surface area contributed by atoms with E-state index in [1.54, 1.807) is 18.3 Å². The summed E-state index contributed by atoms with van der Waals surface area (Å²) in [5.41, 5.74) is 1.77. The molecule has 0 saturated carbocycles. The van der Waals surface area contributed by atoms with Gasteiger partial charge in [0, 0.05) is 19.3 Å². The molecule has 28 heavy (non-hydrogen) atoms. The summed E-state index contributed by atoms with van der Waals surface area (Å²) in [5, 5.41) is 12.6. The molecule has 0 unspecified atom stereocenters. The van der Waals surface area contributed by atoms with Crippen molar-refractivity contribution in [3.63, 3.8) is 0 Å². The van der Waals surface area contributed by atoms with Gasteiger partial charge in [0.2, 0.25) is 5.95 Å². The summed E-state index contributed by atoms with van der Waals surface area (Å²) in [6, 6.07) is 6.08. The molecule has 2 aromatic rings. The predicted molar refractivity (Wildman–Crippen MR) is 99.2 cm³/mol. The van der Waals surface area contributed by atoms with Crippen LogP contribution in [0.25, 0.3) is 0 Å². The van der Waals surface area contributed by atoms with Crippen molar-refractivity contribution in [3.05, 3.63) is 41.6 Å². The van der Waals surface area contributed by atoms with Crippen molar-refractivity contribution < 1.29 is 23.0 Å². The zero-order chi connectivity index (χ0) is 20.3. The van der Waals surface area contributed by atoms with E-state index in [0.717, 1.165) is 16.9 Å². The average Bonchev–Trinajstić information content (AvgIpc) is 2.64. The van der Waals surface area contributed by atoms with Gasteiger partial charge in [-0.25, -0.2) is 4.98 Å². The highest BCUT2D eigenvalue weighted by molar-refractivity contribution is 5.48. The third-order valence-electron chi connectivity index (χ3n) is 4.70. The van der Waals surface area contributed by atoms with Gasteiger partial charge in [0.05, 0.1) is 12.6 Å². The largest absolute Gasteiger partial charge is 0.573 e. The zero-order valence-corrected chi connectivity index (χ0v) is 15.7. The lowest BCUT2D eigenvalue weighted by atomic mass is 9.99. The molecule has 0 amide bonds. The van der Waals surface area contributed by atoms with E-state index in [4.69, 9.17) is 0 Å². The second kappa shape index (κ2) is 8.22. The van der Waals surface area contributed by atoms with E-state index < -0.39 is 6.36 Å². The quantitative estimate of drug-likeness (QED) is 0.780. The van der Waals surface area contributed by atoms with Crippen LogP contribution in [0.5, 0.6) is 5.75 Å². The lowest BCUT2D eigenvalue weighted by Crippen LogP contribution is -2.33. The number of hydrogen-bond donors (Lipinski definition) is 2. The summed E-state index contributed by atoms with van der Waals surface area (Å²) < 4.78 is 41.2. The maximum Gasteiger partial charge on any atom is 0.573 e. The van der Waals surface area contributed by atoms with Gasteiger partial charge in [-0.2, -0.15) is 4.98 Å². The van der Waals surface area contributed by atoms with E-state index in [1.165, 1.54) is 12.1 Å². The summed E-state index contributed by atoms with van der Waals surface area (Å²) in [7, 11) is 0. The number of aromatic nitrogens is 2. The fraction of sp³-hybridized carbons (Fsp3) is 0.474. The van der Waals surface area contributed by atoms with E-state index in [9.17, 15) is 18.3 Å². The Morgan fingerprint density at radius 3 is 2.71 bits per heavy atom. The normalized spacial score (nSPS) is 15.3. The number of aliphatic hydroxyl groups is 1. The third kappa shape index (κ3) is 5.03. The number of nitrogens with one attached hydrogen (secondary N) is 1. The van der Waals surface area contributed by atoms with Crippen molar-refractivity contribution in [2.75, 3.05) is 23.4 Å². The Balaban J connectivity index is 1.73. The standard InChI is InChI=1S/C19H23F3N4O2/c1-12(2)16(11-27)24-18-23-7-5-17(25-18)26-8-6-13-9-15(28-19(20,21)22)4-3-14(13)10-26/h3-5,7,9,12,16,27H,6,8,10-11H2,1-2H3,(H,23,24,25)/t16-/m1/s1. The van der Waals surface area contributed by atoms with Gasteiger partial charge in [-0.1, -0.05) is 19.9 Å². The van der Waals surface area contributed by atoms with Gasteiger partial charge in [-0.05, 0) is 41.7 Å². The zero-order valence-electron chi connectivity index (χ0n) is 15.7. The maximum absolute atomic E-state index is 12.4. The van der Waals surface area contributed by atoms with Crippen molar-refractivity contribution in [2.45, 2.75) is 39.2 Å². The van der Waals surface area contributed by atoms with Crippen LogP contribution in [0, 0.1) is 5.92 Å². The highest BCUT2D eigenvalue weighted by Gasteiger charge is 2.31. The average molecular weight is 396 g/mol. The number of halogens is 3. The van der Waals surface area contributed by atoms with Gasteiger partial charge in [0.25, 0.3) is 0 Å². The molecule has 0 bridgehead atoms. The summed E-state index contributed by atoms with van der Waals surface area (Å²) in [5.74, 6) is 1.17. The highest BCUT2D eigenvalue weighted by Crippen LogP contribution is 2.29. The molecule has 1 aliphatic rings. The second-order valence-electron chi connectivity index (χ2n) is 7.07. The number of fused-ring (bicyclic) bond motifs is 1. The molecular formula is C19H23F3N4O2. The molecule has 0 radical (unpaired) electrons. The SMILES string of the molecule is CC(C)[C@@H](CO)Nc1nccc(N2CCc3cc(OC(F)(F)F)ccc3C2)n1. The minimum atomic E-state index is -4.69. The molecule has 0 aliphatic carbocycles. The van der Waals surface area contributed by atoms with Gasteiger partial charge in [0.15, 0.2) is 0 Å². The van der Waals surface area contributed by atoms with Crippen molar-refractivity contribution in [1.29, 1.82) is 0 Å². The van der Waals surface area contributed by atoms with E-state index in [2.05, 4.69) is 20.0 Å². The minimum absolute atomic E-state index is 0.0231. The summed E-state index contributed by atoms with van der Waals surface area (Å²) in [4.78, 5) is 10.8. The fourth-order valence-corrected chi connectivity index (χ4v) is 3.11. The first-order chi connectivity index (χ1) is 13.2. The Kier molecular flexibility index (Phi) is 5.93. The van der Waals surface area contributed by atoms with Gasteiger partial charge in [-0.15, -0.1) is 13.2 Å². The van der Waals surface area contributed by atoms with E-state index in [0.29, 0.717) is 25.5 Å². The van der Waals surface area contributed by atoms with Gasteiger partial charge < -0.3 is 20.1 Å². The van der Waals surface area contributed by atoms with Crippen molar-refractivity contribution in [2.24, 2.45) is 5.92 Å². The Morgan fingerprint density at radius 1 is 1.25 bits per heavy atom. The number of benzene rings is 1. The van der Waals surface area contributed by atoms with Crippen LogP contribution < -0.4 is 15.0 Å². The topological polar surface area (TPSA) is 70.5 Å². The second-order valence-corrected chi connectivity index (χ2v) is 7.07. The maximum atomic E-state index is 12.4. The molecule has 0 saturated heterocycles. The first kappa shape index (κ1) is 20.2. The lowest BCUT2D eigenvalue weighted by Gasteiger charge is -2.30. The lowest BCUT2D eigenvalue weighted by molar-refractivity contribution is -0.274. The smallest absolute Gasteiger partial charge is 0.406 e. The van der Waals surface area contributed by atoms with Crippen LogP contribution >= 0.6 is 0 Å². The Bertz CT molecular complexity index is 814. The molecule has 0 fully saturated rings. The van der Waals surface area contributed by atoms with E-state index in [-0.39, 0.29) is 24.3 Å². The molecule has 2 heterocycles. The number of aliphatic hydroxyl groups excluding tert-OH is 1. The molecule has 1 aromatic carbocycles. The number of alkyl halides is 3. The first-order valence-corrected chi connectivity index (χ1v) is 9.08. The van der Waals surface area contributed by atoms with Crippen molar-refractivity contribution in [3.8, 4) is 5.75 Å². The highest BCUT2D eigenvalue weighted by atomic mass is 19.4. The minimum Gasteiger partial charge on any atom is -0.406 e. The Morgan fingerprint density at radius 2 is 2.04 bits per heavy atom. The van der Waals surface area contributed by atoms with Gasteiger partial charge >= 0.3 is 6.36 Å². The molecule has 6 nitrogen and oxygen atoms in total. The monoisotopic (exact) mass is 396 g/mol. The number of anilines is 2. The number of ether oxygens (including phenoxy) is 1. The molecule has 0 spiro atoms. The van der Waals surface area contributed by atoms with Crippen LogP contribution in [-0.2, 0) is 13.0 Å². The Hall–Kier alpha value is -2.55. The third-order valence-corrected chi connectivity index (χ3v) is 4.70. The summed E-state index contributed by atoms with van der Waals surface area (Å²) >= 11 is 0. The van der Waals surface area contributed by atoms with Crippen LogP contribution in [0.3, 0.4) is 0 Å². The number of hydrogen-bond acceptors (Lipinski definition) is 6. The van der Waals surface area contributed by atoms with Crippen molar-refractivity contribution in [1.82, 2.24) is 9.97 Å². The van der Waals surface area contributed by atoms with Crippen molar-refractivity contribution >= 4 is 11.8 Å². The van der Waals surface area contributed by atoms with Crippen LogP contribution in [0.4, 0.5) is 24.9 Å². The van der Waals surface area contributed by atoms with Crippen LogP contribution in [-0.4, -0.2) is 40.6 Å². The number of rotatable bonds is 6. The first-order valence-electron chi connectivity index (χ1n) is 9.08. The molecule has 1 atom stereocenters. The molecule has 9 heteroatoms. The van der Waals surface area contributed by atoms with Gasteiger partial charge in [0.1, 0.15) is 11.6 Å². The summed E-state index contributed by atoms with van der Waals surface area (Å²) in [6.07, 6.45) is -2.46. The molecule has 1 aliphatic heterocycles. The van der Waals surface area contributed by atoms with Crippen LogP contribution in [0.2, 0.25) is 0 Å². The van der Waals surface area contributed by atoms with Gasteiger partial charge in [-0.3, -0.25) is 0 Å². The molecular weight excluding hydrogens is 373 g/mol. The Labute approximate surface area is 161 Å². The molecule has 1 aromatic heterocycles. The summed E-state index contributed by atoms with van der Waals surface area (Å²) in [6.45, 7) is 5.12. The molecule has 152 valence electrons. The van der Waals surface area contributed by atoms with E-state index >= 15 is 0 Å². The predicted octanol–water partition coefficient (Wildman–Crippen LogP) is 3.37. The van der Waals surface area contributed by atoms with E-state index in [1.807, 2.05) is 18.7 Å². The molecule has 2 N–H and O–H groups in total. The van der Waals surface area contributed by atoms with Crippen LogP contribution in [0.1, 0.15) is 25.0 Å². The van der Waals surface area contributed by atoms with Crippen LogP contribution in [0.15, 0.2) is 30.5 Å². The number of nitrogens with zero attached hydrogens (tertiary/aromatic N) is 3. The molecule has 3 rings (SSSR count). The fourth-order valence-electron chi connectivity index (χ4n) is 3.11.